The molecular weight excluding hydrogens is 396 g/mol. The molecule has 0 saturated heterocycles. The number of hydrogen-bond acceptors (Lipinski definition) is 6. The van der Waals surface area contributed by atoms with E-state index in [0.29, 0.717) is 12.8 Å². The van der Waals surface area contributed by atoms with Crippen LogP contribution in [0.5, 0.6) is 0 Å². The number of carbonyl (C=O) groups excluding carboxylic acids is 4. The van der Waals surface area contributed by atoms with E-state index in [1.807, 2.05) is 13.0 Å². The number of esters is 2. The molecule has 0 heterocycles. The summed E-state index contributed by atoms with van der Waals surface area (Å²) in [4.78, 5) is 48.6. The average molecular weight is 427 g/mol. The van der Waals surface area contributed by atoms with Gasteiger partial charge in [0.15, 0.2) is 18.0 Å². The number of hydrogen-bond donors (Lipinski definition) is 0. The summed E-state index contributed by atoms with van der Waals surface area (Å²) in [5, 5.41) is 0. The fourth-order valence-corrected chi connectivity index (χ4v) is 6.73. The monoisotopic (exact) mass is 426 g/mol. The highest BCUT2D eigenvalue weighted by Crippen LogP contribution is 2.66. The van der Waals surface area contributed by atoms with Crippen molar-refractivity contribution >= 4 is 23.5 Å². The zero-order valence-corrected chi connectivity index (χ0v) is 18.7. The van der Waals surface area contributed by atoms with Crippen LogP contribution in [-0.4, -0.2) is 35.7 Å². The van der Waals surface area contributed by atoms with Crippen molar-refractivity contribution in [3.05, 3.63) is 35.5 Å². The van der Waals surface area contributed by atoms with Gasteiger partial charge < -0.3 is 9.47 Å². The van der Waals surface area contributed by atoms with Gasteiger partial charge >= 0.3 is 11.9 Å². The molecule has 6 heteroatoms. The molecule has 2 fully saturated rings. The van der Waals surface area contributed by atoms with Crippen molar-refractivity contribution in [3.8, 4) is 0 Å². The Morgan fingerprint density at radius 1 is 1.13 bits per heavy atom. The first kappa shape index (κ1) is 21.7. The molecule has 0 aromatic carbocycles. The molecule has 4 aliphatic rings. The fraction of sp³-hybridized carbons (Fsp3) is 0.600. The second-order valence-corrected chi connectivity index (χ2v) is 9.80. The van der Waals surface area contributed by atoms with E-state index in [9.17, 15) is 19.2 Å². The third-order valence-corrected chi connectivity index (χ3v) is 8.24. The lowest BCUT2D eigenvalue weighted by molar-refractivity contribution is -0.184. The van der Waals surface area contributed by atoms with Crippen molar-refractivity contribution in [3.63, 3.8) is 0 Å². The highest BCUT2D eigenvalue weighted by Gasteiger charge is 2.67. The van der Waals surface area contributed by atoms with Crippen LogP contribution in [0.25, 0.3) is 0 Å². The standard InChI is InChI=1S/C25H30O6/c1-15(26)30-14-22(29)25(31-16(2)27)12-9-21-19-6-5-17-13-18(28)7-10-23(17,3)20(19)8-11-24(21,25)4/h7-8,10,13,19,21H,5-6,9,11-12,14H2,1-4H3/t19-,21+,23-,24-,25-/m0/s1. The van der Waals surface area contributed by atoms with Crippen LogP contribution in [0.4, 0.5) is 0 Å². The number of ketones is 2. The van der Waals surface area contributed by atoms with Crippen LogP contribution in [0.3, 0.4) is 0 Å². The Balaban J connectivity index is 1.74. The summed E-state index contributed by atoms with van der Waals surface area (Å²) < 4.78 is 10.8. The van der Waals surface area contributed by atoms with Crippen LogP contribution < -0.4 is 0 Å². The number of carbonyl (C=O) groups is 4. The van der Waals surface area contributed by atoms with Gasteiger partial charge in [0.05, 0.1) is 0 Å². The topological polar surface area (TPSA) is 86.7 Å². The van der Waals surface area contributed by atoms with Gasteiger partial charge in [0.25, 0.3) is 0 Å². The fourth-order valence-electron chi connectivity index (χ4n) is 6.73. The minimum absolute atomic E-state index is 0.0398. The van der Waals surface area contributed by atoms with E-state index in [1.54, 1.807) is 12.2 Å². The summed E-state index contributed by atoms with van der Waals surface area (Å²) in [6.07, 6.45) is 11.2. The maximum atomic E-state index is 13.3. The minimum Gasteiger partial charge on any atom is -0.458 e. The highest BCUT2D eigenvalue weighted by atomic mass is 16.6. The van der Waals surface area contributed by atoms with E-state index in [0.717, 1.165) is 24.8 Å². The molecule has 0 bridgehead atoms. The molecule has 4 aliphatic carbocycles. The summed E-state index contributed by atoms with van der Waals surface area (Å²) in [6.45, 7) is 6.41. The molecule has 2 saturated carbocycles. The van der Waals surface area contributed by atoms with E-state index >= 15 is 0 Å². The SMILES string of the molecule is CC(=O)OCC(=O)[C@@]1(OC(C)=O)CC[C@@H]2[C@H]3CCC4=CC(=O)C=C[C@]4(C)C3=CC[C@@]21C. The maximum absolute atomic E-state index is 13.3. The van der Waals surface area contributed by atoms with Crippen LogP contribution in [0.2, 0.25) is 0 Å². The van der Waals surface area contributed by atoms with Crippen molar-refractivity contribution < 1.29 is 28.7 Å². The molecule has 0 unspecified atom stereocenters. The van der Waals surface area contributed by atoms with Crippen molar-refractivity contribution in [1.29, 1.82) is 0 Å². The number of allylic oxidation sites excluding steroid dienone is 6. The Kier molecular flexibility index (Phi) is 5.10. The van der Waals surface area contributed by atoms with Gasteiger partial charge in [-0.2, -0.15) is 0 Å². The zero-order chi connectivity index (χ0) is 22.6. The summed E-state index contributed by atoms with van der Waals surface area (Å²) in [5.41, 5.74) is 0.322. The van der Waals surface area contributed by atoms with Gasteiger partial charge in [-0.1, -0.05) is 30.2 Å². The Morgan fingerprint density at radius 3 is 2.55 bits per heavy atom. The molecule has 0 aromatic heterocycles. The van der Waals surface area contributed by atoms with Crippen LogP contribution >= 0.6 is 0 Å². The normalized spacial score (nSPS) is 38.3. The van der Waals surface area contributed by atoms with E-state index in [2.05, 4.69) is 13.0 Å². The Hall–Kier alpha value is -2.50. The molecule has 0 spiro atoms. The third kappa shape index (κ3) is 3.14. The van der Waals surface area contributed by atoms with Gasteiger partial charge in [-0.15, -0.1) is 0 Å². The van der Waals surface area contributed by atoms with Crippen molar-refractivity contribution in [2.24, 2.45) is 22.7 Å². The molecule has 0 aromatic rings. The smallest absolute Gasteiger partial charge is 0.303 e. The third-order valence-electron chi connectivity index (χ3n) is 8.24. The molecule has 0 radical (unpaired) electrons. The maximum Gasteiger partial charge on any atom is 0.303 e. The van der Waals surface area contributed by atoms with Crippen molar-refractivity contribution in [2.45, 2.75) is 65.4 Å². The van der Waals surface area contributed by atoms with Gasteiger partial charge in [0.2, 0.25) is 5.78 Å². The van der Waals surface area contributed by atoms with E-state index < -0.39 is 23.0 Å². The van der Waals surface area contributed by atoms with Gasteiger partial charge in [-0.05, 0) is 63.0 Å². The average Bonchev–Trinajstić information content (AvgIpc) is 2.99. The molecule has 0 amide bonds. The summed E-state index contributed by atoms with van der Waals surface area (Å²) in [7, 11) is 0. The number of ether oxygens (including phenoxy) is 2. The first-order valence-electron chi connectivity index (χ1n) is 11.0. The Morgan fingerprint density at radius 2 is 1.87 bits per heavy atom. The lowest BCUT2D eigenvalue weighted by Crippen LogP contribution is -2.57. The minimum atomic E-state index is -1.30. The van der Waals surface area contributed by atoms with Gasteiger partial charge in [-0.3, -0.25) is 19.2 Å². The highest BCUT2D eigenvalue weighted by molar-refractivity contribution is 6.01. The molecule has 4 rings (SSSR count). The van der Waals surface area contributed by atoms with Crippen LogP contribution in [0, 0.1) is 22.7 Å². The van der Waals surface area contributed by atoms with E-state index in [1.165, 1.54) is 19.4 Å². The largest absolute Gasteiger partial charge is 0.458 e. The number of fused-ring (bicyclic) bond motifs is 5. The lowest BCUT2D eigenvalue weighted by atomic mass is 9.51. The predicted molar refractivity (Wildman–Crippen MR) is 113 cm³/mol. The Bertz CT molecular complexity index is 955. The van der Waals surface area contributed by atoms with E-state index in [-0.39, 0.29) is 35.4 Å². The van der Waals surface area contributed by atoms with Crippen LogP contribution in [0.1, 0.15) is 59.8 Å². The molecular formula is C25H30O6. The summed E-state index contributed by atoms with van der Waals surface area (Å²) in [6, 6.07) is 0. The summed E-state index contributed by atoms with van der Waals surface area (Å²) in [5.74, 6) is -0.920. The second-order valence-electron chi connectivity index (χ2n) is 9.80. The quantitative estimate of drug-likeness (QED) is 0.504. The second kappa shape index (κ2) is 7.28. The van der Waals surface area contributed by atoms with Crippen molar-refractivity contribution in [1.82, 2.24) is 0 Å². The molecule has 0 aliphatic heterocycles. The molecule has 31 heavy (non-hydrogen) atoms. The van der Waals surface area contributed by atoms with E-state index in [4.69, 9.17) is 9.47 Å². The van der Waals surface area contributed by atoms with Gasteiger partial charge in [0, 0.05) is 24.7 Å². The van der Waals surface area contributed by atoms with Gasteiger partial charge in [0.1, 0.15) is 0 Å². The number of Topliss-reactive ketones (excluding diaryl/α,β-unsaturated/α-hetero) is 1. The molecule has 5 atom stereocenters. The molecule has 0 N–H and O–H groups in total. The molecule has 166 valence electrons. The lowest BCUT2D eigenvalue weighted by Gasteiger charge is -2.54. The van der Waals surface area contributed by atoms with Gasteiger partial charge in [-0.25, -0.2) is 0 Å². The Labute approximate surface area is 182 Å². The number of rotatable bonds is 4. The zero-order valence-electron chi connectivity index (χ0n) is 18.7. The van der Waals surface area contributed by atoms with Crippen molar-refractivity contribution in [2.75, 3.05) is 6.61 Å². The van der Waals surface area contributed by atoms with Crippen LogP contribution in [0.15, 0.2) is 35.5 Å². The molecule has 6 nitrogen and oxygen atoms in total. The summed E-state index contributed by atoms with van der Waals surface area (Å²) >= 11 is 0. The predicted octanol–water partition coefficient (Wildman–Crippen LogP) is 3.65. The van der Waals surface area contributed by atoms with Crippen LogP contribution in [-0.2, 0) is 28.7 Å². The first-order valence-corrected chi connectivity index (χ1v) is 11.0. The first-order chi connectivity index (χ1) is 14.5.